The van der Waals surface area contributed by atoms with Gasteiger partial charge in [0, 0.05) is 0 Å². The fraction of sp³-hybridized carbons (Fsp3) is 0.333. The zero-order chi connectivity index (χ0) is 18.0. The molecule has 0 fully saturated rings. The average Bonchev–Trinajstić information content (AvgIpc) is 3.13. The summed E-state index contributed by atoms with van der Waals surface area (Å²) in [6.45, 7) is 10.0. The molecule has 0 saturated carbocycles. The van der Waals surface area contributed by atoms with Crippen LogP contribution in [0.1, 0.15) is 24.5 Å². The third-order valence-corrected chi connectivity index (χ3v) is 6.71. The molecule has 2 nitrogen and oxygen atoms in total. The number of allylic oxidation sites excluding steroid dienone is 6. The maximum absolute atomic E-state index is 6.10. The van der Waals surface area contributed by atoms with E-state index in [2.05, 4.69) is 69.1 Å². The second-order valence-corrected chi connectivity index (χ2v) is 13.0. The molecule has 0 radical (unpaired) electrons. The van der Waals surface area contributed by atoms with Crippen LogP contribution in [0.2, 0.25) is 19.6 Å². The van der Waals surface area contributed by atoms with Crippen molar-refractivity contribution >= 4 is 17.2 Å². The van der Waals surface area contributed by atoms with Crippen LogP contribution < -0.4 is 24.8 Å². The first kappa shape index (κ1) is 24.7. The Kier molecular flexibility index (Phi) is 9.51. The van der Waals surface area contributed by atoms with Gasteiger partial charge in [-0.25, -0.2) is 0 Å². The molecule has 3 rings (SSSR count). The van der Waals surface area contributed by atoms with Gasteiger partial charge in [-0.05, 0) is 0 Å². The fourth-order valence-electron chi connectivity index (χ4n) is 3.30. The van der Waals surface area contributed by atoms with Crippen molar-refractivity contribution in [1.29, 1.82) is 0 Å². The Bertz CT molecular complexity index is 805. The summed E-state index contributed by atoms with van der Waals surface area (Å²) in [6, 6.07) is 8.72. The molecule has 0 amide bonds. The van der Waals surface area contributed by atoms with Crippen LogP contribution in [0.5, 0.6) is 0 Å². The molecule has 0 atom stereocenters. The Morgan fingerprint density at radius 2 is 1.74 bits per heavy atom. The molecule has 2 aliphatic rings. The standard InChI is InChI=1S/C21H25O2Si.2ClH.Zr/c1-5-17-18-10-7-6-9-16(18)15-20(17)19-11-8-12-21(19)22-13-14-23-24(2,3)4;;;/h5-10,12H,11,13-14H2,1-4H3;2*1H;/q;;;+2/p-2. The quantitative estimate of drug-likeness (QED) is 0.387. The molecule has 1 aromatic rings. The van der Waals surface area contributed by atoms with E-state index in [0.717, 1.165) is 12.2 Å². The van der Waals surface area contributed by atoms with Crippen LogP contribution >= 0.6 is 0 Å². The summed E-state index contributed by atoms with van der Waals surface area (Å²) in [4.78, 5) is 0. The first-order chi connectivity index (χ1) is 11.9. The summed E-state index contributed by atoms with van der Waals surface area (Å²) < 4.78 is 13.5. The van der Waals surface area contributed by atoms with Gasteiger partial charge in [-0.3, -0.25) is 0 Å². The summed E-state index contributed by atoms with van der Waals surface area (Å²) in [5.74, 6) is 1.02. The Morgan fingerprint density at radius 1 is 1.07 bits per heavy atom. The van der Waals surface area contributed by atoms with Crippen LogP contribution in [0.4, 0.5) is 0 Å². The summed E-state index contributed by atoms with van der Waals surface area (Å²) in [7, 11) is -1.48. The van der Waals surface area contributed by atoms with E-state index in [9.17, 15) is 0 Å². The van der Waals surface area contributed by atoms with Crippen molar-refractivity contribution in [1.82, 2.24) is 0 Å². The largest absolute Gasteiger partial charge is 1.00 e. The second-order valence-electron chi connectivity index (χ2n) is 7.26. The number of halogens is 2. The number of hydrogen-bond acceptors (Lipinski definition) is 2. The average molecular weight is 500 g/mol. The molecule has 27 heavy (non-hydrogen) atoms. The smallest absolute Gasteiger partial charge is 1.00 e. The van der Waals surface area contributed by atoms with Crippen molar-refractivity contribution in [3.8, 4) is 0 Å². The van der Waals surface area contributed by atoms with Crippen LogP contribution in [-0.4, -0.2) is 21.5 Å². The maximum atomic E-state index is 6.10. The Labute approximate surface area is 191 Å². The van der Waals surface area contributed by atoms with Crippen LogP contribution in [0.25, 0.3) is 8.85 Å². The second kappa shape index (κ2) is 10.4. The molecule has 6 heteroatoms. The number of hydrogen-bond donors (Lipinski definition) is 0. The van der Waals surface area contributed by atoms with Crippen LogP contribution in [-0.2, 0) is 33.9 Å². The minimum atomic E-state index is -1.48. The van der Waals surface area contributed by atoms with E-state index in [0.29, 0.717) is 13.2 Å². The van der Waals surface area contributed by atoms with Crippen LogP contribution in [0.15, 0.2) is 59.4 Å². The molecular formula is C21H25Cl2O2SiZr. The monoisotopic (exact) mass is 497 g/mol. The van der Waals surface area contributed by atoms with Crippen LogP contribution in [0.3, 0.4) is 0 Å². The minimum Gasteiger partial charge on any atom is -1.00 e. The van der Waals surface area contributed by atoms with Crippen molar-refractivity contribution in [3.63, 3.8) is 0 Å². The predicted molar refractivity (Wildman–Crippen MR) is 103 cm³/mol. The molecule has 0 heterocycles. The van der Waals surface area contributed by atoms with Crippen molar-refractivity contribution in [3.05, 3.63) is 70.5 Å². The van der Waals surface area contributed by atoms with Gasteiger partial charge in [-0.1, -0.05) is 0 Å². The van der Waals surface area contributed by atoms with E-state index in [-0.39, 0.29) is 24.8 Å². The first-order valence-corrected chi connectivity index (χ1v) is 13.5. The van der Waals surface area contributed by atoms with Gasteiger partial charge in [0.2, 0.25) is 0 Å². The molecule has 143 valence electrons. The van der Waals surface area contributed by atoms with Gasteiger partial charge in [0.15, 0.2) is 0 Å². The Hall–Kier alpha value is -0.380. The van der Waals surface area contributed by atoms with E-state index in [1.165, 1.54) is 55.8 Å². The van der Waals surface area contributed by atoms with Crippen molar-refractivity contribution in [2.75, 3.05) is 13.2 Å². The molecule has 0 aromatic heterocycles. The third kappa shape index (κ3) is 5.58. The normalized spacial score (nSPS) is 17.2. The van der Waals surface area contributed by atoms with Gasteiger partial charge in [0.25, 0.3) is 0 Å². The SMILES string of the molecule is CC=C1C(C2=C(OCCO[Si](C)(C)C)C=CC2)=[C]([Zr+2])c2ccccc21.[Cl-].[Cl-]. The molecule has 0 N–H and O–H groups in total. The van der Waals surface area contributed by atoms with E-state index >= 15 is 0 Å². The van der Waals surface area contributed by atoms with Crippen molar-refractivity contribution < 1.29 is 58.7 Å². The van der Waals surface area contributed by atoms with Gasteiger partial charge in [0.05, 0.1) is 0 Å². The summed E-state index contributed by atoms with van der Waals surface area (Å²) in [5.41, 5.74) is 6.79. The molecule has 0 unspecified atom stereocenters. The van der Waals surface area contributed by atoms with Gasteiger partial charge in [0.1, 0.15) is 0 Å². The van der Waals surface area contributed by atoms with Crippen molar-refractivity contribution in [2.24, 2.45) is 0 Å². The maximum Gasteiger partial charge on any atom is -1.00 e. The molecule has 0 bridgehead atoms. The Morgan fingerprint density at radius 3 is 2.37 bits per heavy atom. The van der Waals surface area contributed by atoms with E-state index in [1.54, 1.807) is 0 Å². The van der Waals surface area contributed by atoms with Gasteiger partial charge >= 0.3 is 168 Å². The number of rotatable bonds is 6. The molecule has 0 saturated heterocycles. The Balaban J connectivity index is 0.00000182. The van der Waals surface area contributed by atoms with Gasteiger partial charge < -0.3 is 24.8 Å². The van der Waals surface area contributed by atoms with E-state index < -0.39 is 8.32 Å². The van der Waals surface area contributed by atoms with E-state index in [1.807, 2.05) is 0 Å². The minimum absolute atomic E-state index is 0. The van der Waals surface area contributed by atoms with Crippen molar-refractivity contribution in [2.45, 2.75) is 33.0 Å². The zero-order valence-electron chi connectivity index (χ0n) is 16.2. The summed E-state index contributed by atoms with van der Waals surface area (Å²) in [6.07, 6.45) is 7.51. The zero-order valence-corrected chi connectivity index (χ0v) is 21.2. The van der Waals surface area contributed by atoms with Gasteiger partial charge in [-0.2, -0.15) is 0 Å². The molecule has 0 spiro atoms. The molecular weight excluding hydrogens is 474 g/mol. The topological polar surface area (TPSA) is 18.5 Å². The van der Waals surface area contributed by atoms with Crippen LogP contribution in [0, 0.1) is 0 Å². The number of ether oxygens (including phenoxy) is 1. The molecule has 1 aromatic carbocycles. The number of fused-ring (bicyclic) bond motifs is 1. The summed E-state index contributed by atoms with van der Waals surface area (Å²) >= 11 is 1.45. The third-order valence-electron chi connectivity index (χ3n) is 4.36. The molecule has 0 aliphatic heterocycles. The number of benzene rings is 1. The fourth-order valence-corrected chi connectivity index (χ4v) is 5.23. The predicted octanol–water partition coefficient (Wildman–Crippen LogP) is -0.548. The molecule has 2 aliphatic carbocycles. The summed E-state index contributed by atoms with van der Waals surface area (Å²) in [5, 5.41) is 0. The van der Waals surface area contributed by atoms with E-state index in [4.69, 9.17) is 9.16 Å². The first-order valence-electron chi connectivity index (χ1n) is 8.81. The van der Waals surface area contributed by atoms with Gasteiger partial charge in [-0.15, -0.1) is 0 Å².